The zero-order chi connectivity index (χ0) is 21.2. The maximum absolute atomic E-state index is 12.4. The van der Waals surface area contributed by atoms with Gasteiger partial charge in [0.05, 0.1) is 6.20 Å². The highest BCUT2D eigenvalue weighted by Crippen LogP contribution is 2.29. The van der Waals surface area contributed by atoms with E-state index in [-0.39, 0.29) is 18.2 Å². The summed E-state index contributed by atoms with van der Waals surface area (Å²) < 4.78 is 8.79. The van der Waals surface area contributed by atoms with E-state index in [1.807, 2.05) is 20.8 Å². The van der Waals surface area contributed by atoms with Crippen LogP contribution in [0.3, 0.4) is 0 Å². The number of hydrogen-bond acceptors (Lipinski definition) is 4. The maximum Gasteiger partial charge on any atom is 0.331 e. The van der Waals surface area contributed by atoms with E-state index in [9.17, 15) is 9.90 Å². The average Bonchev–Trinajstić information content (AvgIpc) is 2.92. The summed E-state index contributed by atoms with van der Waals surface area (Å²) in [4.78, 5) is 12.4. The normalized spacial score (nSPS) is 12.6. The van der Waals surface area contributed by atoms with Crippen molar-refractivity contribution in [1.29, 1.82) is 0 Å². The first-order chi connectivity index (χ1) is 13.1. The molecule has 0 saturated heterocycles. The molecule has 164 valence electrons. The molecule has 0 atom stereocenters. The molecule has 0 aliphatic rings. The van der Waals surface area contributed by atoms with Crippen LogP contribution in [-0.4, -0.2) is 39.2 Å². The molecule has 1 aromatic rings. The van der Waals surface area contributed by atoms with Gasteiger partial charge in [-0.2, -0.15) is 0 Å². The van der Waals surface area contributed by atoms with Crippen LogP contribution in [0.15, 0.2) is 11.0 Å². The fraction of sp³-hybridized carbons (Fsp3) is 0.864. The summed E-state index contributed by atoms with van der Waals surface area (Å²) >= 11 is 0. The fourth-order valence-corrected chi connectivity index (χ4v) is 3.74. The first kappa shape index (κ1) is 24.8. The van der Waals surface area contributed by atoms with Crippen molar-refractivity contribution < 1.29 is 14.9 Å². The molecular weight excluding hydrogens is 356 g/mol. The highest BCUT2D eigenvalue weighted by molar-refractivity contribution is 5.09. The predicted molar refractivity (Wildman–Crippen MR) is 114 cm³/mol. The van der Waals surface area contributed by atoms with Crippen molar-refractivity contribution in [3.63, 3.8) is 0 Å². The molecule has 1 heterocycles. The van der Waals surface area contributed by atoms with E-state index in [0.29, 0.717) is 12.0 Å². The van der Waals surface area contributed by atoms with Gasteiger partial charge in [0.2, 0.25) is 5.88 Å². The Morgan fingerprint density at radius 3 is 2.07 bits per heavy atom. The molecule has 0 fully saturated rings. The molecule has 0 saturated carbocycles. The number of nitrogens with zero attached hydrogens (tertiary/aromatic N) is 2. The minimum Gasteiger partial charge on any atom is -0.493 e. The van der Waals surface area contributed by atoms with Crippen LogP contribution < -0.4 is 5.69 Å². The van der Waals surface area contributed by atoms with Crippen LogP contribution in [0.4, 0.5) is 0 Å². The van der Waals surface area contributed by atoms with Crippen LogP contribution in [0.5, 0.6) is 5.88 Å². The zero-order valence-corrected chi connectivity index (χ0v) is 18.7. The molecule has 1 rings (SSSR count). The van der Waals surface area contributed by atoms with Gasteiger partial charge in [-0.15, -0.1) is 0 Å². The summed E-state index contributed by atoms with van der Waals surface area (Å²) in [7, 11) is 0. The molecule has 0 aliphatic heterocycles. The van der Waals surface area contributed by atoms with E-state index in [0.717, 1.165) is 58.2 Å². The number of rotatable bonds is 15. The predicted octanol–water partition coefficient (Wildman–Crippen LogP) is 4.27. The largest absolute Gasteiger partial charge is 0.493 e. The third-order valence-corrected chi connectivity index (χ3v) is 5.61. The van der Waals surface area contributed by atoms with Crippen molar-refractivity contribution in [2.24, 2.45) is 5.41 Å². The Kier molecular flexibility index (Phi) is 10.3. The second kappa shape index (κ2) is 11.7. The number of aryl methyl sites for hydroxylation is 1. The van der Waals surface area contributed by atoms with Gasteiger partial charge in [0.15, 0.2) is 0 Å². The summed E-state index contributed by atoms with van der Waals surface area (Å²) in [5.41, 5.74) is -0.265. The minimum atomic E-state index is -0.415. The number of aliphatic hydroxyl groups is 1. The molecule has 6 heteroatoms. The van der Waals surface area contributed by atoms with Crippen molar-refractivity contribution in [3.8, 4) is 5.88 Å². The lowest BCUT2D eigenvalue weighted by Gasteiger charge is -2.26. The fourth-order valence-electron chi connectivity index (χ4n) is 3.74. The maximum atomic E-state index is 12.4. The number of aliphatic hydroxyl groups excluding tert-OH is 1. The third-order valence-electron chi connectivity index (χ3n) is 5.61. The van der Waals surface area contributed by atoms with Crippen molar-refractivity contribution >= 4 is 0 Å². The van der Waals surface area contributed by atoms with Gasteiger partial charge >= 0.3 is 5.69 Å². The molecule has 6 nitrogen and oxygen atoms in total. The smallest absolute Gasteiger partial charge is 0.331 e. The van der Waals surface area contributed by atoms with Gasteiger partial charge in [-0.05, 0) is 71.1 Å². The molecule has 0 radical (unpaired) electrons. The molecule has 0 spiro atoms. The van der Waals surface area contributed by atoms with Crippen LogP contribution in [0.2, 0.25) is 0 Å². The third kappa shape index (κ3) is 8.00. The molecule has 0 aromatic carbocycles. The minimum absolute atomic E-state index is 0.0370. The molecule has 1 aromatic heterocycles. The first-order valence-corrected chi connectivity index (χ1v) is 10.8. The van der Waals surface area contributed by atoms with Gasteiger partial charge in [-0.3, -0.25) is 9.13 Å². The number of ether oxygens (including phenoxy) is 1. The second-order valence-electron chi connectivity index (χ2n) is 9.22. The lowest BCUT2D eigenvalue weighted by Crippen LogP contribution is -2.36. The highest BCUT2D eigenvalue weighted by Gasteiger charge is 2.26. The quantitative estimate of drug-likeness (QED) is 0.433. The molecule has 0 unspecified atom stereocenters. The van der Waals surface area contributed by atoms with Gasteiger partial charge in [0, 0.05) is 31.9 Å². The lowest BCUT2D eigenvalue weighted by atomic mass is 9.83. The summed E-state index contributed by atoms with van der Waals surface area (Å²) in [6.07, 6.45) is 9.58. The summed E-state index contributed by atoms with van der Waals surface area (Å²) in [6.45, 7) is 12.8. The topological polar surface area (TPSA) is 76.6 Å². The molecule has 0 bridgehead atoms. The van der Waals surface area contributed by atoms with Crippen LogP contribution in [-0.2, 0) is 16.8 Å². The highest BCUT2D eigenvalue weighted by atomic mass is 16.5. The Morgan fingerprint density at radius 1 is 0.964 bits per heavy atom. The summed E-state index contributed by atoms with van der Waals surface area (Å²) in [5.74, 6) is 0.0370. The van der Waals surface area contributed by atoms with Gasteiger partial charge in [-0.1, -0.05) is 20.3 Å². The monoisotopic (exact) mass is 398 g/mol. The zero-order valence-electron chi connectivity index (χ0n) is 18.7. The summed E-state index contributed by atoms with van der Waals surface area (Å²) in [6, 6.07) is 0. The van der Waals surface area contributed by atoms with Gasteiger partial charge in [0.25, 0.3) is 0 Å². The lowest BCUT2D eigenvalue weighted by molar-refractivity contribution is 0.119. The van der Waals surface area contributed by atoms with Crippen LogP contribution >= 0.6 is 0 Å². The van der Waals surface area contributed by atoms with Gasteiger partial charge in [-0.25, -0.2) is 4.79 Å². The van der Waals surface area contributed by atoms with Gasteiger partial charge in [0.1, 0.15) is 0 Å². The standard InChI is InChI=1S/C22H42N2O4/c1-6-23-18-19(26)24(20(23)27)22(4,5)14-8-10-17-28-16-9-7-12-21(2,3)13-11-15-25/h18,25-26H,6-17H2,1-5H3. The van der Waals surface area contributed by atoms with Crippen molar-refractivity contribution in [1.82, 2.24) is 9.13 Å². The SMILES string of the molecule is CCn1cc(O)n(C(C)(C)CCCCOCCCCC(C)(C)CCCO)c1=O. The Bertz CT molecular complexity index is 617. The number of hydrogen-bond donors (Lipinski definition) is 2. The van der Waals surface area contributed by atoms with E-state index in [1.165, 1.54) is 21.8 Å². The van der Waals surface area contributed by atoms with E-state index < -0.39 is 5.54 Å². The Balaban J connectivity index is 2.20. The summed E-state index contributed by atoms with van der Waals surface area (Å²) in [5, 5.41) is 19.1. The Hall–Kier alpha value is -1.27. The van der Waals surface area contributed by atoms with Crippen LogP contribution in [0, 0.1) is 5.41 Å². The van der Waals surface area contributed by atoms with Gasteiger partial charge < -0.3 is 14.9 Å². The van der Waals surface area contributed by atoms with E-state index in [4.69, 9.17) is 9.84 Å². The van der Waals surface area contributed by atoms with E-state index in [2.05, 4.69) is 13.8 Å². The van der Waals surface area contributed by atoms with Crippen LogP contribution in [0.25, 0.3) is 0 Å². The van der Waals surface area contributed by atoms with Crippen molar-refractivity contribution in [2.75, 3.05) is 19.8 Å². The molecule has 2 N–H and O–H groups in total. The number of imidazole rings is 1. The number of unbranched alkanes of at least 4 members (excludes halogenated alkanes) is 2. The number of aromatic hydroxyl groups is 1. The molecule has 0 aliphatic carbocycles. The van der Waals surface area contributed by atoms with Crippen molar-refractivity contribution in [2.45, 2.75) is 98.1 Å². The Labute approximate surface area is 170 Å². The molecular formula is C22H42N2O4. The Morgan fingerprint density at radius 2 is 1.54 bits per heavy atom. The van der Waals surface area contributed by atoms with E-state index in [1.54, 1.807) is 0 Å². The molecule has 28 heavy (non-hydrogen) atoms. The molecule has 0 amide bonds. The van der Waals surface area contributed by atoms with Crippen molar-refractivity contribution in [3.05, 3.63) is 16.7 Å². The van der Waals surface area contributed by atoms with Crippen LogP contribution in [0.1, 0.15) is 86.0 Å². The first-order valence-electron chi connectivity index (χ1n) is 10.8. The second-order valence-corrected chi connectivity index (χ2v) is 9.22. The van der Waals surface area contributed by atoms with E-state index >= 15 is 0 Å². The number of aromatic nitrogens is 2. The average molecular weight is 399 g/mol.